The van der Waals surface area contributed by atoms with Crippen molar-refractivity contribution in [1.29, 1.82) is 0 Å². The Morgan fingerprint density at radius 1 is 1.17 bits per heavy atom. The molecule has 1 aliphatic heterocycles. The second-order valence-corrected chi connectivity index (χ2v) is 8.51. The standard InChI is InChI=1S/C24H26N2O4/c27-19-6-7-22-21(12-19)23(28)26(16-25-22)18-13-24(30-15-18)10-8-20(9-11-24)29-14-17-4-2-1-3-5-17/h1-7,12,16,18,20,27H,8-11,13-15H2. The number of aromatic hydroxyl groups is 1. The lowest BCUT2D eigenvalue weighted by Gasteiger charge is -2.36. The van der Waals surface area contributed by atoms with Gasteiger partial charge in [0.1, 0.15) is 5.75 Å². The molecule has 2 heterocycles. The first-order chi connectivity index (χ1) is 14.6. The van der Waals surface area contributed by atoms with Crippen LogP contribution in [0.5, 0.6) is 5.75 Å². The molecule has 156 valence electrons. The van der Waals surface area contributed by atoms with Crippen LogP contribution in [0.3, 0.4) is 0 Å². The van der Waals surface area contributed by atoms with Gasteiger partial charge in [-0.2, -0.15) is 0 Å². The lowest BCUT2D eigenvalue weighted by Crippen LogP contribution is -2.36. The molecule has 1 aromatic heterocycles. The van der Waals surface area contributed by atoms with E-state index < -0.39 is 0 Å². The first-order valence-corrected chi connectivity index (χ1v) is 10.6. The minimum absolute atomic E-state index is 0.0291. The van der Waals surface area contributed by atoms with Crippen molar-refractivity contribution in [2.75, 3.05) is 6.61 Å². The Hall–Kier alpha value is -2.70. The molecular weight excluding hydrogens is 380 g/mol. The average molecular weight is 406 g/mol. The lowest BCUT2D eigenvalue weighted by molar-refractivity contribution is -0.0725. The lowest BCUT2D eigenvalue weighted by atomic mass is 9.80. The van der Waals surface area contributed by atoms with Gasteiger partial charge in [0.25, 0.3) is 5.56 Å². The van der Waals surface area contributed by atoms with Gasteiger partial charge >= 0.3 is 0 Å². The number of hydrogen-bond donors (Lipinski definition) is 1. The van der Waals surface area contributed by atoms with Gasteiger partial charge in [0.05, 0.1) is 48.2 Å². The predicted molar refractivity (Wildman–Crippen MR) is 113 cm³/mol. The average Bonchev–Trinajstić information content (AvgIpc) is 3.18. The van der Waals surface area contributed by atoms with Crippen molar-refractivity contribution in [2.45, 2.75) is 56.5 Å². The van der Waals surface area contributed by atoms with Crippen LogP contribution in [0.1, 0.15) is 43.7 Å². The highest BCUT2D eigenvalue weighted by molar-refractivity contribution is 5.78. The fourth-order valence-corrected chi connectivity index (χ4v) is 4.80. The van der Waals surface area contributed by atoms with Gasteiger partial charge in [-0.15, -0.1) is 0 Å². The van der Waals surface area contributed by atoms with Gasteiger partial charge < -0.3 is 14.6 Å². The zero-order chi connectivity index (χ0) is 20.6. The molecule has 3 aromatic rings. The van der Waals surface area contributed by atoms with Gasteiger partial charge in [-0.3, -0.25) is 9.36 Å². The number of phenols is 1. The van der Waals surface area contributed by atoms with E-state index in [1.165, 1.54) is 11.6 Å². The Kier molecular flexibility index (Phi) is 5.05. The van der Waals surface area contributed by atoms with Crippen LogP contribution in [-0.4, -0.2) is 33.0 Å². The Bertz CT molecular complexity index is 1090. The summed E-state index contributed by atoms with van der Waals surface area (Å²) in [6.45, 7) is 1.16. The minimum Gasteiger partial charge on any atom is -0.508 e. The molecular formula is C24H26N2O4. The fraction of sp³-hybridized carbons (Fsp3) is 0.417. The van der Waals surface area contributed by atoms with Crippen LogP contribution in [0.4, 0.5) is 0 Å². The maximum atomic E-state index is 12.9. The monoisotopic (exact) mass is 406 g/mol. The largest absolute Gasteiger partial charge is 0.508 e. The predicted octanol–water partition coefficient (Wildman–Crippen LogP) is 3.96. The third kappa shape index (κ3) is 3.73. The molecule has 0 bridgehead atoms. The van der Waals surface area contributed by atoms with Crippen molar-refractivity contribution in [1.82, 2.24) is 9.55 Å². The normalized spacial score (nSPS) is 26.4. The smallest absolute Gasteiger partial charge is 0.261 e. The maximum absolute atomic E-state index is 12.9. The highest BCUT2D eigenvalue weighted by atomic mass is 16.5. The summed E-state index contributed by atoms with van der Waals surface area (Å²) in [5.74, 6) is 0.0760. The van der Waals surface area contributed by atoms with Crippen LogP contribution in [-0.2, 0) is 16.1 Å². The van der Waals surface area contributed by atoms with E-state index in [1.807, 2.05) is 18.2 Å². The summed E-state index contributed by atoms with van der Waals surface area (Å²) < 4.78 is 14.1. The molecule has 1 aliphatic carbocycles. The van der Waals surface area contributed by atoms with Crippen molar-refractivity contribution in [3.05, 3.63) is 70.8 Å². The Morgan fingerprint density at radius 2 is 1.97 bits per heavy atom. The van der Waals surface area contributed by atoms with E-state index in [4.69, 9.17) is 9.47 Å². The van der Waals surface area contributed by atoms with E-state index in [2.05, 4.69) is 17.1 Å². The summed E-state index contributed by atoms with van der Waals surface area (Å²) in [5, 5.41) is 10.2. The van der Waals surface area contributed by atoms with Gasteiger partial charge in [-0.05, 0) is 55.9 Å². The highest BCUT2D eigenvalue weighted by Crippen LogP contribution is 2.43. The molecule has 1 N–H and O–H groups in total. The molecule has 1 atom stereocenters. The fourth-order valence-electron chi connectivity index (χ4n) is 4.80. The summed E-state index contributed by atoms with van der Waals surface area (Å²) in [5.41, 5.74) is 1.49. The molecule has 2 aromatic carbocycles. The van der Waals surface area contributed by atoms with E-state index >= 15 is 0 Å². The van der Waals surface area contributed by atoms with E-state index in [-0.39, 0.29) is 29.1 Å². The van der Waals surface area contributed by atoms with Crippen LogP contribution in [0.2, 0.25) is 0 Å². The zero-order valence-corrected chi connectivity index (χ0v) is 16.9. The second kappa shape index (κ2) is 7.85. The quantitative estimate of drug-likeness (QED) is 0.710. The molecule has 1 unspecified atom stereocenters. The SMILES string of the molecule is O=c1c2cc(O)ccc2ncn1C1COC2(CCC(OCc3ccccc3)CC2)C1. The molecule has 2 aliphatic rings. The summed E-state index contributed by atoms with van der Waals surface area (Å²) in [4.78, 5) is 17.3. The van der Waals surface area contributed by atoms with Crippen LogP contribution < -0.4 is 5.56 Å². The minimum atomic E-state index is -0.176. The Labute approximate surface area is 175 Å². The topological polar surface area (TPSA) is 73.6 Å². The van der Waals surface area contributed by atoms with Gasteiger partial charge in [0.15, 0.2) is 0 Å². The number of phenolic OH excluding ortho intramolecular Hbond substituents is 1. The molecule has 1 saturated heterocycles. The van der Waals surface area contributed by atoms with Crippen LogP contribution >= 0.6 is 0 Å². The van der Waals surface area contributed by atoms with Gasteiger partial charge in [-0.25, -0.2) is 4.98 Å². The molecule has 1 spiro atoms. The molecule has 30 heavy (non-hydrogen) atoms. The van der Waals surface area contributed by atoms with Crippen LogP contribution in [0, 0.1) is 0 Å². The number of aromatic nitrogens is 2. The number of benzene rings is 2. The van der Waals surface area contributed by atoms with E-state index in [9.17, 15) is 9.90 Å². The molecule has 5 rings (SSSR count). The van der Waals surface area contributed by atoms with Crippen molar-refractivity contribution in [3.8, 4) is 5.75 Å². The highest BCUT2D eigenvalue weighted by Gasteiger charge is 2.44. The summed E-state index contributed by atoms with van der Waals surface area (Å²) >= 11 is 0. The third-order valence-electron chi connectivity index (χ3n) is 6.52. The number of rotatable bonds is 4. The molecule has 0 amide bonds. The zero-order valence-electron chi connectivity index (χ0n) is 16.9. The van der Waals surface area contributed by atoms with E-state index in [1.54, 1.807) is 23.0 Å². The van der Waals surface area contributed by atoms with Crippen molar-refractivity contribution < 1.29 is 14.6 Å². The summed E-state index contributed by atoms with van der Waals surface area (Å²) in [7, 11) is 0. The van der Waals surface area contributed by atoms with Crippen molar-refractivity contribution in [3.63, 3.8) is 0 Å². The first-order valence-electron chi connectivity index (χ1n) is 10.6. The summed E-state index contributed by atoms with van der Waals surface area (Å²) in [6, 6.07) is 14.9. The summed E-state index contributed by atoms with van der Waals surface area (Å²) in [6.07, 6.45) is 6.51. The van der Waals surface area contributed by atoms with E-state index in [0.717, 1.165) is 32.1 Å². The second-order valence-electron chi connectivity index (χ2n) is 8.51. The Morgan fingerprint density at radius 3 is 2.77 bits per heavy atom. The number of fused-ring (bicyclic) bond motifs is 1. The third-order valence-corrected chi connectivity index (χ3v) is 6.52. The van der Waals surface area contributed by atoms with E-state index in [0.29, 0.717) is 24.1 Å². The van der Waals surface area contributed by atoms with Gasteiger partial charge in [0, 0.05) is 0 Å². The first kappa shape index (κ1) is 19.3. The van der Waals surface area contributed by atoms with Gasteiger partial charge in [0.2, 0.25) is 0 Å². The number of ether oxygens (including phenoxy) is 2. The molecule has 2 fully saturated rings. The molecule has 6 nitrogen and oxygen atoms in total. The number of nitrogens with zero attached hydrogens (tertiary/aromatic N) is 2. The van der Waals surface area contributed by atoms with Crippen molar-refractivity contribution >= 4 is 10.9 Å². The van der Waals surface area contributed by atoms with Crippen LogP contribution in [0.15, 0.2) is 59.7 Å². The number of hydrogen-bond acceptors (Lipinski definition) is 5. The molecule has 1 saturated carbocycles. The van der Waals surface area contributed by atoms with Crippen molar-refractivity contribution in [2.24, 2.45) is 0 Å². The van der Waals surface area contributed by atoms with Gasteiger partial charge in [-0.1, -0.05) is 30.3 Å². The molecule has 6 heteroatoms. The van der Waals surface area contributed by atoms with Crippen LogP contribution in [0.25, 0.3) is 10.9 Å². The maximum Gasteiger partial charge on any atom is 0.261 e. The molecule has 0 radical (unpaired) electrons. The Balaban J connectivity index is 1.24.